The van der Waals surface area contributed by atoms with Crippen LogP contribution in [0.15, 0.2) is 67.1 Å². The van der Waals surface area contributed by atoms with Crippen molar-refractivity contribution in [3.8, 4) is 16.9 Å². The lowest BCUT2D eigenvalue weighted by Crippen LogP contribution is -2.43. The summed E-state index contributed by atoms with van der Waals surface area (Å²) < 4.78 is 13.9. The van der Waals surface area contributed by atoms with Gasteiger partial charge in [-0.15, -0.1) is 0 Å². The minimum absolute atomic E-state index is 0.0956. The van der Waals surface area contributed by atoms with Gasteiger partial charge < -0.3 is 30.4 Å². The van der Waals surface area contributed by atoms with Crippen molar-refractivity contribution in [1.82, 2.24) is 30.1 Å². The number of nitrogens with zero attached hydrogens (tertiary/aromatic N) is 4. The summed E-state index contributed by atoms with van der Waals surface area (Å²) in [5.74, 6) is 1.65. The maximum absolute atomic E-state index is 12.3. The van der Waals surface area contributed by atoms with Crippen LogP contribution >= 0.6 is 0 Å². The van der Waals surface area contributed by atoms with E-state index >= 15 is 0 Å². The highest BCUT2D eigenvalue weighted by atomic mass is 16.5. The van der Waals surface area contributed by atoms with Gasteiger partial charge in [0.05, 0.1) is 18.6 Å². The quantitative estimate of drug-likeness (QED) is 0.231. The number of nitrogens with two attached hydrogens (primary N) is 1. The smallest absolute Gasteiger partial charge is 0.314 e. The first-order valence-corrected chi connectivity index (χ1v) is 14.8. The second-order valence-electron chi connectivity index (χ2n) is 11.1. The number of nitrogen functional groups attached to an aromatic ring is 1. The molecule has 4 aromatic rings. The molecule has 1 saturated carbocycles. The van der Waals surface area contributed by atoms with Crippen molar-refractivity contribution in [3.05, 3.63) is 72.7 Å². The van der Waals surface area contributed by atoms with Crippen molar-refractivity contribution in [2.75, 3.05) is 51.7 Å². The van der Waals surface area contributed by atoms with Crippen molar-refractivity contribution in [3.63, 3.8) is 0 Å². The first kappa shape index (κ1) is 28.0. The number of nitrogens with one attached hydrogen (secondary N) is 2. The monoisotopic (exact) mass is 569 g/mol. The fourth-order valence-electron chi connectivity index (χ4n) is 5.86. The van der Waals surface area contributed by atoms with Gasteiger partial charge in [-0.2, -0.15) is 0 Å². The van der Waals surface area contributed by atoms with Gasteiger partial charge in [-0.05, 0) is 43.4 Å². The minimum atomic E-state index is -0.0956. The Hall–Kier alpha value is -4.15. The number of morpholine rings is 1. The highest BCUT2D eigenvalue weighted by molar-refractivity contribution is 6.01. The summed E-state index contributed by atoms with van der Waals surface area (Å²) in [4.78, 5) is 23.6. The normalized spacial score (nSPS) is 18.9. The highest BCUT2D eigenvalue weighted by Crippen LogP contribution is 2.44. The molecule has 2 aliphatic rings. The number of hydrogen-bond donors (Lipinski definition) is 3. The van der Waals surface area contributed by atoms with E-state index in [1.165, 1.54) is 6.33 Å². The Bertz CT molecular complexity index is 1480. The number of para-hydroxylation sites is 1. The van der Waals surface area contributed by atoms with E-state index in [4.69, 9.17) is 15.2 Å². The summed E-state index contributed by atoms with van der Waals surface area (Å²) in [6, 6.07) is 18.3. The molecular weight excluding hydrogens is 530 g/mol. The van der Waals surface area contributed by atoms with Gasteiger partial charge >= 0.3 is 6.03 Å². The molecule has 4 N–H and O–H groups in total. The molecule has 6 rings (SSSR count). The molecule has 0 atom stereocenters. The van der Waals surface area contributed by atoms with Crippen LogP contribution in [0.4, 0.5) is 10.6 Å². The van der Waals surface area contributed by atoms with Crippen molar-refractivity contribution >= 4 is 22.9 Å². The van der Waals surface area contributed by atoms with E-state index < -0.39 is 0 Å². The number of hydrogen-bond acceptors (Lipinski definition) is 7. The molecule has 10 heteroatoms. The molecule has 10 nitrogen and oxygen atoms in total. The number of carbonyl (C=O) groups is 1. The predicted molar refractivity (Wildman–Crippen MR) is 163 cm³/mol. The van der Waals surface area contributed by atoms with E-state index in [0.29, 0.717) is 31.4 Å². The van der Waals surface area contributed by atoms with Crippen LogP contribution < -0.4 is 21.1 Å². The van der Waals surface area contributed by atoms with Gasteiger partial charge in [-0.3, -0.25) is 4.90 Å². The summed E-state index contributed by atoms with van der Waals surface area (Å²) in [5, 5.41) is 6.88. The first-order valence-electron chi connectivity index (χ1n) is 14.8. The molecule has 220 valence electrons. The minimum Gasteiger partial charge on any atom is -0.488 e. The number of ether oxygens (including phenoxy) is 2. The van der Waals surface area contributed by atoms with E-state index in [9.17, 15) is 4.79 Å². The summed E-state index contributed by atoms with van der Waals surface area (Å²) in [7, 11) is 0. The lowest BCUT2D eigenvalue weighted by molar-refractivity contribution is 0.0375. The van der Waals surface area contributed by atoms with Gasteiger partial charge in [0.25, 0.3) is 0 Å². The first-order chi connectivity index (χ1) is 20.7. The molecule has 0 unspecified atom stereocenters. The molecule has 2 fully saturated rings. The van der Waals surface area contributed by atoms with E-state index in [1.54, 1.807) is 0 Å². The van der Waals surface area contributed by atoms with E-state index in [-0.39, 0.29) is 12.1 Å². The molecule has 2 aromatic heterocycles. The van der Waals surface area contributed by atoms with Crippen LogP contribution in [-0.4, -0.2) is 71.4 Å². The number of urea groups is 1. The van der Waals surface area contributed by atoms with Crippen LogP contribution in [0.3, 0.4) is 0 Å². The third-order valence-electron chi connectivity index (χ3n) is 8.25. The second-order valence-corrected chi connectivity index (χ2v) is 11.1. The maximum Gasteiger partial charge on any atom is 0.314 e. The number of carbonyl (C=O) groups excluding carboxylic acids is 1. The summed E-state index contributed by atoms with van der Waals surface area (Å²) >= 11 is 0. The summed E-state index contributed by atoms with van der Waals surface area (Å²) in [6.45, 7) is 6.33. The summed E-state index contributed by atoms with van der Waals surface area (Å²) in [5.41, 5.74) is 10.3. The van der Waals surface area contributed by atoms with Gasteiger partial charge in [0.15, 0.2) is 0 Å². The van der Waals surface area contributed by atoms with Crippen LogP contribution in [0.1, 0.15) is 30.9 Å². The zero-order valence-electron chi connectivity index (χ0n) is 23.9. The molecule has 2 amide bonds. The number of aromatic nitrogens is 3. The molecule has 0 bridgehead atoms. The van der Waals surface area contributed by atoms with Gasteiger partial charge in [0, 0.05) is 49.5 Å². The Labute approximate surface area is 246 Å². The molecule has 2 aromatic carbocycles. The van der Waals surface area contributed by atoms with Crippen LogP contribution in [0.5, 0.6) is 5.75 Å². The van der Waals surface area contributed by atoms with Gasteiger partial charge in [-0.1, -0.05) is 48.5 Å². The lowest BCUT2D eigenvalue weighted by atomic mass is 9.80. The van der Waals surface area contributed by atoms with Crippen molar-refractivity contribution in [2.45, 2.75) is 31.9 Å². The molecule has 0 spiro atoms. The fraction of sp³-hybridized carbons (Fsp3) is 0.406. The van der Waals surface area contributed by atoms with Crippen LogP contribution in [0.25, 0.3) is 22.2 Å². The number of fused-ring (bicyclic) bond motifs is 1. The Kier molecular flexibility index (Phi) is 8.81. The van der Waals surface area contributed by atoms with Crippen LogP contribution in [0, 0.1) is 5.92 Å². The topological polar surface area (TPSA) is 120 Å². The van der Waals surface area contributed by atoms with Gasteiger partial charge in [0.2, 0.25) is 0 Å². The van der Waals surface area contributed by atoms with Gasteiger partial charge in [-0.25, -0.2) is 14.8 Å². The maximum atomic E-state index is 12.3. The molecule has 1 saturated heterocycles. The SMILES string of the molecule is Nc1ncnc2c1c(-c1ccccc1OCc1ccccc1)cn2C1CC(CNC(=O)NCCCN2CCOCC2)C1. The number of anilines is 1. The molecule has 42 heavy (non-hydrogen) atoms. The van der Waals surface area contributed by atoms with Crippen molar-refractivity contribution in [1.29, 1.82) is 0 Å². The number of amides is 2. The Balaban J connectivity index is 1.07. The van der Waals surface area contributed by atoms with E-state index in [1.807, 2.05) is 36.4 Å². The summed E-state index contributed by atoms with van der Waals surface area (Å²) in [6.07, 6.45) is 6.51. The average Bonchev–Trinajstić information content (AvgIpc) is 3.39. The van der Waals surface area contributed by atoms with Crippen molar-refractivity contribution < 1.29 is 14.3 Å². The molecule has 1 aliphatic heterocycles. The molecular formula is C32H39N7O3. The van der Waals surface area contributed by atoms with Crippen LogP contribution in [-0.2, 0) is 11.3 Å². The van der Waals surface area contributed by atoms with Gasteiger partial charge in [0.1, 0.15) is 30.1 Å². The molecule has 1 aliphatic carbocycles. The zero-order valence-corrected chi connectivity index (χ0v) is 23.9. The Morgan fingerprint density at radius 3 is 2.62 bits per heavy atom. The molecule has 0 radical (unpaired) electrons. The van der Waals surface area contributed by atoms with Crippen LogP contribution in [0.2, 0.25) is 0 Å². The fourth-order valence-corrected chi connectivity index (χ4v) is 5.86. The van der Waals surface area contributed by atoms with E-state index in [2.05, 4.69) is 54.5 Å². The number of rotatable bonds is 11. The lowest BCUT2D eigenvalue weighted by Gasteiger charge is -2.36. The Morgan fingerprint density at radius 2 is 1.79 bits per heavy atom. The second kappa shape index (κ2) is 13.2. The molecule has 3 heterocycles. The Morgan fingerprint density at radius 1 is 1.00 bits per heavy atom. The zero-order chi connectivity index (χ0) is 28.7. The standard InChI is InChI=1S/C32H39N7O3/c33-30-29-27(26-9-4-5-10-28(26)42-21-23-7-2-1-3-8-23)20-39(31(29)37-22-36-30)25-17-24(18-25)19-35-32(40)34-11-6-12-38-13-15-41-16-14-38/h1-5,7-10,20,22,24-25H,6,11-19,21H2,(H2,33,36,37)(H2,34,35,40). The third kappa shape index (κ3) is 6.50. The van der Waals surface area contributed by atoms with E-state index in [0.717, 1.165) is 85.6 Å². The number of benzene rings is 2. The average molecular weight is 570 g/mol. The predicted octanol–water partition coefficient (Wildman–Crippen LogP) is 4.23. The third-order valence-corrected chi connectivity index (χ3v) is 8.25. The highest BCUT2D eigenvalue weighted by Gasteiger charge is 2.33. The van der Waals surface area contributed by atoms with Crippen molar-refractivity contribution in [2.24, 2.45) is 5.92 Å². The largest absolute Gasteiger partial charge is 0.488 e.